The van der Waals surface area contributed by atoms with Gasteiger partial charge in [-0.15, -0.1) is 0 Å². The number of H-pyrrole nitrogens is 1. The van der Waals surface area contributed by atoms with Crippen molar-refractivity contribution in [2.24, 2.45) is 0 Å². The van der Waals surface area contributed by atoms with Crippen LogP contribution in [-0.4, -0.2) is 31.9 Å². The number of methoxy groups -OCH3 is 1. The van der Waals surface area contributed by atoms with Crippen LogP contribution in [0.3, 0.4) is 0 Å². The predicted octanol–water partition coefficient (Wildman–Crippen LogP) is 2.25. The van der Waals surface area contributed by atoms with Crippen LogP contribution >= 0.6 is 0 Å². The van der Waals surface area contributed by atoms with Crippen LogP contribution in [0.2, 0.25) is 0 Å². The molecule has 0 aromatic carbocycles. The van der Waals surface area contributed by atoms with Gasteiger partial charge in [-0.2, -0.15) is 10.2 Å². The molecular formula is C13H15N5O. The molecule has 0 bridgehead atoms. The van der Waals surface area contributed by atoms with Crippen molar-refractivity contribution in [3.05, 3.63) is 30.4 Å². The van der Waals surface area contributed by atoms with Crippen LogP contribution in [0.25, 0.3) is 16.9 Å². The summed E-state index contributed by atoms with van der Waals surface area (Å²) in [5, 5.41) is 11.3. The number of hydrogen-bond acceptors (Lipinski definition) is 4. The summed E-state index contributed by atoms with van der Waals surface area (Å²) < 4.78 is 7.07. The number of hydrogen-bond donors (Lipinski definition) is 1. The first-order valence-corrected chi connectivity index (χ1v) is 6.11. The fourth-order valence-electron chi connectivity index (χ4n) is 2.15. The molecule has 0 aliphatic rings. The molecule has 19 heavy (non-hydrogen) atoms. The zero-order valence-electron chi connectivity index (χ0n) is 11.1. The number of rotatable bonds is 3. The van der Waals surface area contributed by atoms with Crippen molar-refractivity contribution >= 4 is 5.65 Å². The van der Waals surface area contributed by atoms with E-state index in [-0.39, 0.29) is 0 Å². The SMILES string of the molecule is COc1cc(-c2[nH]ncc2C(C)C)cn2ncnc12. The Morgan fingerprint density at radius 3 is 2.95 bits per heavy atom. The molecule has 3 rings (SSSR count). The highest BCUT2D eigenvalue weighted by atomic mass is 16.5. The standard InChI is InChI=1S/C13H15N5O/c1-8(2)10-5-15-17-12(10)9-4-11(19-3)13-14-7-16-18(13)6-9/h4-8H,1-3H3,(H,15,17). The molecule has 0 saturated carbocycles. The lowest BCUT2D eigenvalue weighted by Gasteiger charge is -2.08. The van der Waals surface area contributed by atoms with Crippen molar-refractivity contribution in [2.75, 3.05) is 7.11 Å². The normalized spacial score (nSPS) is 11.4. The molecule has 3 aromatic rings. The van der Waals surface area contributed by atoms with Gasteiger partial charge in [0.05, 0.1) is 19.0 Å². The highest BCUT2D eigenvalue weighted by molar-refractivity contribution is 5.68. The lowest BCUT2D eigenvalue weighted by molar-refractivity contribution is 0.416. The Bertz CT molecular complexity index is 713. The maximum atomic E-state index is 5.37. The second kappa shape index (κ2) is 4.38. The van der Waals surface area contributed by atoms with E-state index in [9.17, 15) is 0 Å². The molecule has 0 atom stereocenters. The lowest BCUT2D eigenvalue weighted by Crippen LogP contribution is -1.96. The van der Waals surface area contributed by atoms with Crippen LogP contribution in [0.5, 0.6) is 5.75 Å². The molecule has 0 aliphatic carbocycles. The molecule has 0 radical (unpaired) electrons. The van der Waals surface area contributed by atoms with E-state index in [4.69, 9.17) is 4.74 Å². The van der Waals surface area contributed by atoms with Crippen molar-refractivity contribution in [2.45, 2.75) is 19.8 Å². The molecule has 0 unspecified atom stereocenters. The van der Waals surface area contributed by atoms with Gasteiger partial charge in [-0.25, -0.2) is 9.50 Å². The van der Waals surface area contributed by atoms with Crippen molar-refractivity contribution in [3.63, 3.8) is 0 Å². The zero-order valence-corrected chi connectivity index (χ0v) is 11.1. The second-order valence-electron chi connectivity index (χ2n) is 4.68. The van der Waals surface area contributed by atoms with E-state index in [1.807, 2.05) is 18.5 Å². The number of pyridine rings is 1. The minimum Gasteiger partial charge on any atom is -0.493 e. The van der Waals surface area contributed by atoms with Gasteiger partial charge >= 0.3 is 0 Å². The predicted molar refractivity (Wildman–Crippen MR) is 71.2 cm³/mol. The first kappa shape index (κ1) is 11.7. The fraction of sp³-hybridized carbons (Fsp3) is 0.308. The van der Waals surface area contributed by atoms with E-state index < -0.39 is 0 Å². The van der Waals surface area contributed by atoms with Crippen molar-refractivity contribution in [3.8, 4) is 17.0 Å². The summed E-state index contributed by atoms with van der Waals surface area (Å²) in [6, 6.07) is 1.95. The van der Waals surface area contributed by atoms with Crippen LogP contribution in [0.15, 0.2) is 24.8 Å². The first-order valence-electron chi connectivity index (χ1n) is 6.11. The average molecular weight is 257 g/mol. The Morgan fingerprint density at radius 2 is 2.21 bits per heavy atom. The van der Waals surface area contributed by atoms with Crippen molar-refractivity contribution in [1.29, 1.82) is 0 Å². The van der Waals surface area contributed by atoms with Gasteiger partial charge in [0.1, 0.15) is 6.33 Å². The van der Waals surface area contributed by atoms with Gasteiger partial charge < -0.3 is 4.74 Å². The molecule has 0 aliphatic heterocycles. The van der Waals surface area contributed by atoms with Crippen LogP contribution in [0, 0.1) is 0 Å². The quantitative estimate of drug-likeness (QED) is 0.781. The van der Waals surface area contributed by atoms with Crippen molar-refractivity contribution in [1.82, 2.24) is 24.8 Å². The highest BCUT2D eigenvalue weighted by Gasteiger charge is 2.14. The minimum atomic E-state index is 0.395. The van der Waals surface area contributed by atoms with Crippen LogP contribution in [-0.2, 0) is 0 Å². The van der Waals surface area contributed by atoms with Crippen LogP contribution in [0.1, 0.15) is 25.3 Å². The zero-order chi connectivity index (χ0) is 13.4. The number of nitrogens with one attached hydrogen (secondary N) is 1. The summed E-state index contributed by atoms with van der Waals surface area (Å²) in [5.41, 5.74) is 3.85. The maximum Gasteiger partial charge on any atom is 0.197 e. The summed E-state index contributed by atoms with van der Waals surface area (Å²) in [4.78, 5) is 4.17. The number of fused-ring (bicyclic) bond motifs is 1. The third kappa shape index (κ3) is 1.85. The average Bonchev–Trinajstić information content (AvgIpc) is 3.05. The molecule has 6 heteroatoms. The van der Waals surface area contributed by atoms with E-state index >= 15 is 0 Å². The summed E-state index contributed by atoms with van der Waals surface area (Å²) in [6.45, 7) is 4.28. The molecule has 0 saturated heterocycles. The number of ether oxygens (including phenoxy) is 1. The summed E-state index contributed by atoms with van der Waals surface area (Å²) in [5.74, 6) is 1.09. The highest BCUT2D eigenvalue weighted by Crippen LogP contribution is 2.30. The topological polar surface area (TPSA) is 68.1 Å². The molecule has 98 valence electrons. The van der Waals surface area contributed by atoms with E-state index in [1.165, 1.54) is 11.9 Å². The van der Waals surface area contributed by atoms with E-state index in [1.54, 1.807) is 11.6 Å². The summed E-state index contributed by atoms with van der Waals surface area (Å²) in [7, 11) is 1.63. The molecule has 3 heterocycles. The van der Waals surface area contributed by atoms with Crippen LogP contribution < -0.4 is 4.74 Å². The summed E-state index contributed by atoms with van der Waals surface area (Å²) >= 11 is 0. The van der Waals surface area contributed by atoms with E-state index in [0.717, 1.165) is 11.3 Å². The smallest absolute Gasteiger partial charge is 0.197 e. The molecule has 6 nitrogen and oxygen atoms in total. The molecule has 0 amide bonds. The molecule has 0 fully saturated rings. The summed E-state index contributed by atoms with van der Waals surface area (Å²) in [6.07, 6.45) is 5.29. The number of aromatic nitrogens is 5. The van der Waals surface area contributed by atoms with Gasteiger partial charge in [-0.3, -0.25) is 5.10 Å². The van der Waals surface area contributed by atoms with Crippen molar-refractivity contribution < 1.29 is 4.74 Å². The molecule has 3 aromatic heterocycles. The van der Waals surface area contributed by atoms with Gasteiger partial charge in [0, 0.05) is 17.3 Å². The fourth-order valence-corrected chi connectivity index (χ4v) is 2.15. The Hall–Kier alpha value is -2.37. The Morgan fingerprint density at radius 1 is 1.37 bits per heavy atom. The Balaban J connectivity index is 2.22. The van der Waals surface area contributed by atoms with Gasteiger partial charge in [0.2, 0.25) is 0 Å². The molecule has 1 N–H and O–H groups in total. The largest absolute Gasteiger partial charge is 0.493 e. The third-order valence-electron chi connectivity index (χ3n) is 3.14. The van der Waals surface area contributed by atoms with Crippen LogP contribution in [0.4, 0.5) is 0 Å². The monoisotopic (exact) mass is 257 g/mol. The Kier molecular flexibility index (Phi) is 2.70. The minimum absolute atomic E-state index is 0.395. The van der Waals surface area contributed by atoms with E-state index in [0.29, 0.717) is 17.3 Å². The van der Waals surface area contributed by atoms with Gasteiger partial charge in [0.25, 0.3) is 0 Å². The molecule has 0 spiro atoms. The third-order valence-corrected chi connectivity index (χ3v) is 3.14. The van der Waals surface area contributed by atoms with Gasteiger partial charge in [-0.1, -0.05) is 13.8 Å². The lowest BCUT2D eigenvalue weighted by atomic mass is 10.0. The maximum absolute atomic E-state index is 5.37. The van der Waals surface area contributed by atoms with Gasteiger partial charge in [0.15, 0.2) is 11.4 Å². The molecular weight excluding hydrogens is 242 g/mol. The van der Waals surface area contributed by atoms with E-state index in [2.05, 4.69) is 34.1 Å². The first-order chi connectivity index (χ1) is 9.20. The second-order valence-corrected chi connectivity index (χ2v) is 4.68. The number of nitrogens with zero attached hydrogens (tertiary/aromatic N) is 4. The Labute approximate surface area is 110 Å². The van der Waals surface area contributed by atoms with Gasteiger partial charge in [-0.05, 0) is 12.0 Å². The number of aromatic amines is 1.